The van der Waals surface area contributed by atoms with Crippen molar-refractivity contribution in [1.82, 2.24) is 15.1 Å². The van der Waals surface area contributed by atoms with Gasteiger partial charge in [0.05, 0.1) is 5.69 Å². The van der Waals surface area contributed by atoms with Gasteiger partial charge >= 0.3 is 5.97 Å². The van der Waals surface area contributed by atoms with Gasteiger partial charge in [0.15, 0.2) is 0 Å². The highest BCUT2D eigenvalue weighted by atomic mass is 16.5. The van der Waals surface area contributed by atoms with E-state index >= 15 is 0 Å². The van der Waals surface area contributed by atoms with Gasteiger partial charge < -0.3 is 10.1 Å². The SMILES string of the molecule is Cc1cc(C(=O)Oc2cccc(C(=O)NC3CC3)c2)n(C)n1. The molecule has 2 aromatic rings. The van der Waals surface area contributed by atoms with Gasteiger partial charge in [-0.15, -0.1) is 0 Å². The number of benzene rings is 1. The molecule has 1 aromatic carbocycles. The summed E-state index contributed by atoms with van der Waals surface area (Å²) in [5.41, 5.74) is 1.59. The Hall–Kier alpha value is -2.63. The first-order valence-electron chi connectivity index (χ1n) is 7.16. The van der Waals surface area contributed by atoms with Gasteiger partial charge in [-0.05, 0) is 44.0 Å². The molecule has 22 heavy (non-hydrogen) atoms. The van der Waals surface area contributed by atoms with Crippen molar-refractivity contribution in [3.05, 3.63) is 47.3 Å². The number of amides is 1. The number of ether oxygens (including phenoxy) is 1. The fraction of sp³-hybridized carbons (Fsp3) is 0.312. The monoisotopic (exact) mass is 299 g/mol. The molecule has 1 aromatic heterocycles. The van der Waals surface area contributed by atoms with E-state index < -0.39 is 5.97 Å². The number of carbonyl (C=O) groups excluding carboxylic acids is 2. The molecule has 0 saturated heterocycles. The van der Waals surface area contributed by atoms with Gasteiger partial charge in [0, 0.05) is 18.7 Å². The van der Waals surface area contributed by atoms with E-state index in [4.69, 9.17) is 4.74 Å². The summed E-state index contributed by atoms with van der Waals surface area (Å²) in [5.74, 6) is -0.299. The first-order chi connectivity index (χ1) is 10.5. The quantitative estimate of drug-likeness (QED) is 0.690. The van der Waals surface area contributed by atoms with Crippen LogP contribution in [0.2, 0.25) is 0 Å². The Morgan fingerprint density at radius 2 is 2.09 bits per heavy atom. The minimum atomic E-state index is -0.497. The van der Waals surface area contributed by atoms with Crippen molar-refractivity contribution in [2.75, 3.05) is 0 Å². The standard InChI is InChI=1S/C16H17N3O3/c1-10-8-14(19(2)18-10)16(21)22-13-5-3-4-11(9-13)15(20)17-12-6-7-12/h3-5,8-9,12H,6-7H2,1-2H3,(H,17,20). The first kappa shape index (κ1) is 14.3. The van der Waals surface area contributed by atoms with Crippen LogP contribution in [0.4, 0.5) is 0 Å². The summed E-state index contributed by atoms with van der Waals surface area (Å²) >= 11 is 0. The molecule has 0 radical (unpaired) electrons. The highest BCUT2D eigenvalue weighted by molar-refractivity contribution is 5.95. The topological polar surface area (TPSA) is 73.2 Å². The van der Waals surface area contributed by atoms with Crippen molar-refractivity contribution >= 4 is 11.9 Å². The van der Waals surface area contributed by atoms with E-state index in [0.29, 0.717) is 17.0 Å². The maximum absolute atomic E-state index is 12.1. The van der Waals surface area contributed by atoms with Gasteiger partial charge in [0.1, 0.15) is 11.4 Å². The van der Waals surface area contributed by atoms with Crippen molar-refractivity contribution < 1.29 is 14.3 Å². The lowest BCUT2D eigenvalue weighted by atomic mass is 10.2. The van der Waals surface area contributed by atoms with Gasteiger partial charge in [-0.3, -0.25) is 9.48 Å². The van der Waals surface area contributed by atoms with Crippen molar-refractivity contribution in [2.45, 2.75) is 25.8 Å². The molecule has 1 aliphatic rings. The summed E-state index contributed by atoms with van der Waals surface area (Å²) in [7, 11) is 1.68. The molecule has 1 aliphatic carbocycles. The Labute approximate surface area is 128 Å². The van der Waals surface area contributed by atoms with Crippen LogP contribution in [0.1, 0.15) is 39.4 Å². The van der Waals surface area contributed by atoms with Crippen molar-refractivity contribution in [3.63, 3.8) is 0 Å². The van der Waals surface area contributed by atoms with Crippen LogP contribution in [0, 0.1) is 6.92 Å². The van der Waals surface area contributed by atoms with Crippen molar-refractivity contribution in [3.8, 4) is 5.75 Å². The Morgan fingerprint density at radius 3 is 2.73 bits per heavy atom. The zero-order valence-electron chi connectivity index (χ0n) is 12.5. The number of esters is 1. The second kappa shape index (κ2) is 5.63. The summed E-state index contributed by atoms with van der Waals surface area (Å²) in [6.45, 7) is 1.81. The number of carbonyl (C=O) groups is 2. The fourth-order valence-corrected chi connectivity index (χ4v) is 2.16. The summed E-state index contributed by atoms with van der Waals surface area (Å²) in [5, 5.41) is 7.01. The van der Waals surface area contributed by atoms with Crippen LogP contribution in [0.15, 0.2) is 30.3 Å². The highest BCUT2D eigenvalue weighted by Gasteiger charge is 2.24. The predicted octanol–water partition coefficient (Wildman–Crippen LogP) is 1.84. The number of aromatic nitrogens is 2. The molecule has 3 rings (SSSR count). The van der Waals surface area contributed by atoms with Gasteiger partial charge in [0.25, 0.3) is 5.91 Å². The molecule has 1 N–H and O–H groups in total. The molecule has 0 atom stereocenters. The average Bonchev–Trinajstić information content (AvgIpc) is 3.22. The number of aryl methyl sites for hydroxylation is 2. The zero-order valence-corrected chi connectivity index (χ0v) is 12.5. The van der Waals surface area contributed by atoms with Gasteiger partial charge in [-0.1, -0.05) is 6.07 Å². The Bertz CT molecular complexity index is 732. The van der Waals surface area contributed by atoms with Crippen LogP contribution in [-0.4, -0.2) is 27.7 Å². The number of rotatable bonds is 4. The molecular formula is C16H17N3O3. The van der Waals surface area contributed by atoms with E-state index in [-0.39, 0.29) is 11.9 Å². The van der Waals surface area contributed by atoms with Crippen LogP contribution in [0.5, 0.6) is 5.75 Å². The summed E-state index contributed by atoms with van der Waals surface area (Å²) in [6.07, 6.45) is 2.06. The largest absolute Gasteiger partial charge is 0.422 e. The van der Waals surface area contributed by atoms with Crippen LogP contribution in [0.3, 0.4) is 0 Å². The lowest BCUT2D eigenvalue weighted by Crippen LogP contribution is -2.25. The zero-order chi connectivity index (χ0) is 15.7. The molecule has 0 spiro atoms. The van der Waals surface area contributed by atoms with Gasteiger partial charge in [-0.2, -0.15) is 5.10 Å². The normalized spacial score (nSPS) is 13.7. The second-order valence-corrected chi connectivity index (χ2v) is 5.46. The maximum Gasteiger partial charge on any atom is 0.361 e. The molecule has 1 heterocycles. The van der Waals surface area contributed by atoms with Crippen molar-refractivity contribution in [1.29, 1.82) is 0 Å². The smallest absolute Gasteiger partial charge is 0.361 e. The maximum atomic E-state index is 12.1. The van der Waals surface area contributed by atoms with Crippen LogP contribution >= 0.6 is 0 Å². The minimum Gasteiger partial charge on any atom is -0.422 e. The lowest BCUT2D eigenvalue weighted by molar-refractivity contribution is 0.0722. The van der Waals surface area contributed by atoms with E-state index in [9.17, 15) is 9.59 Å². The molecule has 114 valence electrons. The predicted molar refractivity (Wildman–Crippen MR) is 79.8 cm³/mol. The van der Waals surface area contributed by atoms with Crippen molar-refractivity contribution in [2.24, 2.45) is 7.05 Å². The van der Waals surface area contributed by atoms with Gasteiger partial charge in [-0.25, -0.2) is 4.79 Å². The Morgan fingerprint density at radius 1 is 1.32 bits per heavy atom. The molecule has 6 heteroatoms. The number of nitrogens with zero attached hydrogens (tertiary/aromatic N) is 2. The summed E-state index contributed by atoms with van der Waals surface area (Å²) in [4.78, 5) is 24.1. The molecule has 6 nitrogen and oxygen atoms in total. The third kappa shape index (κ3) is 3.16. The molecular weight excluding hydrogens is 282 g/mol. The van der Waals surface area contributed by atoms with Crippen LogP contribution < -0.4 is 10.1 Å². The second-order valence-electron chi connectivity index (χ2n) is 5.46. The third-order valence-corrected chi connectivity index (χ3v) is 3.43. The lowest BCUT2D eigenvalue weighted by Gasteiger charge is -2.07. The van der Waals surface area contributed by atoms with E-state index in [0.717, 1.165) is 18.5 Å². The van der Waals surface area contributed by atoms with E-state index in [1.165, 1.54) is 4.68 Å². The average molecular weight is 299 g/mol. The minimum absolute atomic E-state index is 0.142. The molecule has 1 amide bonds. The van der Waals surface area contributed by atoms with E-state index in [1.54, 1.807) is 44.3 Å². The van der Waals surface area contributed by atoms with E-state index in [1.807, 2.05) is 0 Å². The molecule has 1 fully saturated rings. The first-order valence-corrected chi connectivity index (χ1v) is 7.16. The summed E-state index contributed by atoms with van der Waals surface area (Å²) in [6, 6.07) is 8.55. The molecule has 1 saturated carbocycles. The highest BCUT2D eigenvalue weighted by Crippen LogP contribution is 2.20. The molecule has 0 bridgehead atoms. The Kier molecular flexibility index (Phi) is 3.66. The third-order valence-electron chi connectivity index (χ3n) is 3.43. The summed E-state index contributed by atoms with van der Waals surface area (Å²) < 4.78 is 6.80. The van der Waals surface area contributed by atoms with Crippen LogP contribution in [-0.2, 0) is 7.05 Å². The van der Waals surface area contributed by atoms with Gasteiger partial charge in [0.2, 0.25) is 0 Å². The Balaban J connectivity index is 1.73. The number of hydrogen-bond acceptors (Lipinski definition) is 4. The van der Waals surface area contributed by atoms with Crippen LogP contribution in [0.25, 0.3) is 0 Å². The molecule has 0 unspecified atom stereocenters. The fourth-order valence-electron chi connectivity index (χ4n) is 2.16. The van der Waals surface area contributed by atoms with E-state index in [2.05, 4.69) is 10.4 Å². The molecule has 0 aliphatic heterocycles. The number of nitrogens with one attached hydrogen (secondary N) is 1. The number of hydrogen-bond donors (Lipinski definition) is 1.